The normalized spacial score (nSPS) is 12.7. The summed E-state index contributed by atoms with van der Waals surface area (Å²) in [5.74, 6) is -0.242. The maximum Gasteiger partial charge on any atom is 0.123 e. The number of aromatic nitrogens is 2. The molecule has 1 unspecified atom stereocenters. The van der Waals surface area contributed by atoms with Crippen LogP contribution in [-0.2, 0) is 6.54 Å². The quantitative estimate of drug-likeness (QED) is 0.932. The monoisotopic (exact) mass is 281 g/mol. The van der Waals surface area contributed by atoms with Gasteiger partial charge in [0.05, 0.1) is 23.0 Å². The molecule has 1 aromatic carbocycles. The molecular weight excluding hydrogens is 265 g/mol. The summed E-state index contributed by atoms with van der Waals surface area (Å²) in [5.41, 5.74) is 2.59. The Morgan fingerprint density at radius 1 is 1.42 bits per heavy atom. The molecule has 1 heterocycles. The Morgan fingerprint density at radius 2 is 2.16 bits per heavy atom. The van der Waals surface area contributed by atoms with E-state index in [1.54, 1.807) is 6.20 Å². The number of benzene rings is 1. The van der Waals surface area contributed by atoms with Crippen LogP contribution < -0.4 is 5.32 Å². The first-order chi connectivity index (χ1) is 9.06. The molecular formula is C14H17ClFN3. The molecule has 1 N–H and O–H groups in total. The third-order valence-electron chi connectivity index (χ3n) is 3.09. The predicted octanol–water partition coefficient (Wildman–Crippen LogP) is 3.31. The smallest absolute Gasteiger partial charge is 0.123 e. The second-order valence-corrected chi connectivity index (χ2v) is 4.88. The van der Waals surface area contributed by atoms with E-state index in [2.05, 4.69) is 10.4 Å². The Morgan fingerprint density at radius 3 is 2.74 bits per heavy atom. The van der Waals surface area contributed by atoms with Crippen molar-refractivity contribution in [3.63, 3.8) is 0 Å². The van der Waals surface area contributed by atoms with Crippen LogP contribution in [0.5, 0.6) is 0 Å². The molecule has 1 atom stereocenters. The molecule has 1 aromatic heterocycles. The fourth-order valence-corrected chi connectivity index (χ4v) is 2.55. The molecule has 0 amide bonds. The van der Waals surface area contributed by atoms with Gasteiger partial charge in [0.1, 0.15) is 5.82 Å². The van der Waals surface area contributed by atoms with Crippen molar-refractivity contribution >= 4 is 11.6 Å². The van der Waals surface area contributed by atoms with Crippen LogP contribution in [0.4, 0.5) is 4.39 Å². The molecule has 3 nitrogen and oxygen atoms in total. The van der Waals surface area contributed by atoms with E-state index in [1.165, 1.54) is 12.1 Å². The van der Waals surface area contributed by atoms with E-state index >= 15 is 0 Å². The maximum atomic E-state index is 13.6. The summed E-state index contributed by atoms with van der Waals surface area (Å²) in [5, 5.41) is 7.99. The van der Waals surface area contributed by atoms with Crippen LogP contribution >= 0.6 is 11.6 Å². The SMILES string of the molecule is CCn1ncc(Cl)c1C(NC)c1cc(C)cc(F)c1. The molecule has 0 fully saturated rings. The van der Waals surface area contributed by atoms with E-state index in [9.17, 15) is 4.39 Å². The number of hydrogen-bond donors (Lipinski definition) is 1. The summed E-state index contributed by atoms with van der Waals surface area (Å²) < 4.78 is 15.4. The first kappa shape index (κ1) is 14.0. The van der Waals surface area contributed by atoms with E-state index in [0.29, 0.717) is 11.6 Å². The number of nitrogens with zero attached hydrogens (tertiary/aromatic N) is 2. The second kappa shape index (κ2) is 5.72. The lowest BCUT2D eigenvalue weighted by molar-refractivity contribution is 0.558. The van der Waals surface area contributed by atoms with E-state index in [-0.39, 0.29) is 11.9 Å². The van der Waals surface area contributed by atoms with Gasteiger partial charge in [-0.2, -0.15) is 5.10 Å². The van der Waals surface area contributed by atoms with Crippen molar-refractivity contribution in [3.05, 3.63) is 52.1 Å². The minimum atomic E-state index is -0.242. The van der Waals surface area contributed by atoms with Crippen LogP contribution in [0.15, 0.2) is 24.4 Å². The van der Waals surface area contributed by atoms with Gasteiger partial charge in [0.2, 0.25) is 0 Å². The van der Waals surface area contributed by atoms with E-state index in [0.717, 1.165) is 16.8 Å². The van der Waals surface area contributed by atoms with Gasteiger partial charge >= 0.3 is 0 Å². The number of rotatable bonds is 4. The number of halogens is 2. The zero-order chi connectivity index (χ0) is 14.0. The number of nitrogens with one attached hydrogen (secondary N) is 1. The Hall–Kier alpha value is -1.39. The van der Waals surface area contributed by atoms with E-state index in [4.69, 9.17) is 11.6 Å². The Bertz CT molecular complexity index is 560. The highest BCUT2D eigenvalue weighted by Crippen LogP contribution is 2.29. The average molecular weight is 282 g/mol. The van der Waals surface area contributed by atoms with Crippen molar-refractivity contribution in [1.82, 2.24) is 15.1 Å². The van der Waals surface area contributed by atoms with Gasteiger partial charge in [-0.3, -0.25) is 4.68 Å². The number of hydrogen-bond acceptors (Lipinski definition) is 2. The minimum absolute atomic E-state index is 0.177. The number of aryl methyl sites for hydroxylation is 2. The molecule has 0 saturated carbocycles. The lowest BCUT2D eigenvalue weighted by Gasteiger charge is -2.19. The molecule has 0 bridgehead atoms. The summed E-state index contributed by atoms with van der Waals surface area (Å²) in [4.78, 5) is 0. The summed E-state index contributed by atoms with van der Waals surface area (Å²) >= 11 is 6.21. The first-order valence-electron chi connectivity index (χ1n) is 6.22. The standard InChI is InChI=1S/C14H17ClFN3/c1-4-19-14(12(15)8-18-19)13(17-3)10-5-9(2)6-11(16)7-10/h5-8,13,17H,4H2,1-3H3. The van der Waals surface area contributed by atoms with Crippen molar-refractivity contribution in [2.45, 2.75) is 26.4 Å². The molecule has 2 rings (SSSR count). The minimum Gasteiger partial charge on any atom is -0.308 e. The van der Waals surface area contributed by atoms with Gasteiger partial charge in [0, 0.05) is 6.54 Å². The third-order valence-corrected chi connectivity index (χ3v) is 3.38. The topological polar surface area (TPSA) is 29.9 Å². The second-order valence-electron chi connectivity index (χ2n) is 4.48. The molecule has 0 aliphatic carbocycles. The van der Waals surface area contributed by atoms with Gasteiger partial charge in [0.15, 0.2) is 0 Å². The average Bonchev–Trinajstić information content (AvgIpc) is 2.71. The highest BCUT2D eigenvalue weighted by atomic mass is 35.5. The molecule has 0 spiro atoms. The van der Waals surface area contributed by atoms with Crippen LogP contribution in [0.1, 0.15) is 29.8 Å². The van der Waals surface area contributed by atoms with Crippen LogP contribution in [0.2, 0.25) is 5.02 Å². The zero-order valence-electron chi connectivity index (χ0n) is 11.2. The Labute approximate surface area is 117 Å². The van der Waals surface area contributed by atoms with E-state index in [1.807, 2.05) is 31.6 Å². The molecule has 0 saturated heterocycles. The van der Waals surface area contributed by atoms with Crippen LogP contribution in [0.25, 0.3) is 0 Å². The van der Waals surface area contributed by atoms with Gasteiger partial charge in [0.25, 0.3) is 0 Å². The van der Waals surface area contributed by atoms with Crippen LogP contribution in [0.3, 0.4) is 0 Å². The molecule has 2 aromatic rings. The zero-order valence-corrected chi connectivity index (χ0v) is 12.0. The lowest BCUT2D eigenvalue weighted by Crippen LogP contribution is -2.22. The van der Waals surface area contributed by atoms with Crippen molar-refractivity contribution in [3.8, 4) is 0 Å². The van der Waals surface area contributed by atoms with Gasteiger partial charge in [-0.15, -0.1) is 0 Å². The molecule has 5 heteroatoms. The summed E-state index contributed by atoms with van der Waals surface area (Å²) in [6.07, 6.45) is 1.62. The van der Waals surface area contributed by atoms with Crippen molar-refractivity contribution in [2.75, 3.05) is 7.05 Å². The Kier molecular flexibility index (Phi) is 4.22. The van der Waals surface area contributed by atoms with E-state index < -0.39 is 0 Å². The summed E-state index contributed by atoms with van der Waals surface area (Å²) in [7, 11) is 1.83. The highest BCUT2D eigenvalue weighted by Gasteiger charge is 2.21. The predicted molar refractivity (Wildman–Crippen MR) is 75.0 cm³/mol. The van der Waals surface area contributed by atoms with Gasteiger partial charge < -0.3 is 5.32 Å². The maximum absolute atomic E-state index is 13.6. The Balaban J connectivity index is 2.52. The fraction of sp³-hybridized carbons (Fsp3) is 0.357. The molecule has 0 aliphatic rings. The summed E-state index contributed by atoms with van der Waals surface area (Å²) in [6.45, 7) is 4.59. The van der Waals surface area contributed by atoms with Gasteiger partial charge in [-0.25, -0.2) is 4.39 Å². The van der Waals surface area contributed by atoms with Crippen molar-refractivity contribution in [1.29, 1.82) is 0 Å². The lowest BCUT2D eigenvalue weighted by atomic mass is 10.0. The van der Waals surface area contributed by atoms with Gasteiger partial charge in [-0.1, -0.05) is 17.7 Å². The molecule has 19 heavy (non-hydrogen) atoms. The molecule has 102 valence electrons. The highest BCUT2D eigenvalue weighted by molar-refractivity contribution is 6.31. The summed E-state index contributed by atoms with van der Waals surface area (Å²) in [6, 6.07) is 4.81. The van der Waals surface area contributed by atoms with Gasteiger partial charge in [-0.05, 0) is 44.2 Å². The van der Waals surface area contributed by atoms with Crippen LogP contribution in [0, 0.1) is 12.7 Å². The van der Waals surface area contributed by atoms with Crippen molar-refractivity contribution < 1.29 is 4.39 Å². The largest absolute Gasteiger partial charge is 0.308 e. The first-order valence-corrected chi connectivity index (χ1v) is 6.60. The molecule has 0 aliphatic heterocycles. The third kappa shape index (κ3) is 2.80. The fourth-order valence-electron chi connectivity index (χ4n) is 2.30. The van der Waals surface area contributed by atoms with Crippen molar-refractivity contribution in [2.24, 2.45) is 0 Å². The van der Waals surface area contributed by atoms with Crippen LogP contribution in [-0.4, -0.2) is 16.8 Å². The molecule has 0 radical (unpaired) electrons.